The lowest BCUT2D eigenvalue weighted by Crippen LogP contribution is -1.80. The van der Waals surface area contributed by atoms with Crippen LogP contribution in [-0.2, 0) is 23.6 Å². The van der Waals surface area contributed by atoms with E-state index in [9.17, 15) is 0 Å². The molecule has 0 aliphatic carbocycles. The van der Waals surface area contributed by atoms with Gasteiger partial charge in [0.05, 0.1) is 0 Å². The zero-order valence-corrected chi connectivity index (χ0v) is 17.6. The molecule has 0 radical (unpaired) electrons. The predicted octanol–water partition coefficient (Wildman–Crippen LogP) is 3.69. The van der Waals surface area contributed by atoms with Crippen LogP contribution in [-0.4, -0.2) is 29.4 Å². The van der Waals surface area contributed by atoms with Gasteiger partial charge in [0.15, 0.2) is 0 Å². The fourth-order valence-corrected chi connectivity index (χ4v) is 1.74. The molecule has 0 aromatic rings. The molecule has 0 atom stereocenters. The minimum atomic E-state index is -3.81. The molecule has 0 saturated heterocycles. The van der Waals surface area contributed by atoms with Crippen molar-refractivity contribution in [3.05, 3.63) is 0 Å². The molecule has 0 aliphatic rings. The zero-order chi connectivity index (χ0) is 18.8. The first-order valence-electron chi connectivity index (χ1n) is 7.98. The Morgan fingerprint density at radius 2 is 0.609 bits per heavy atom. The quantitative estimate of drug-likeness (QED) is 0.237. The summed E-state index contributed by atoms with van der Waals surface area (Å²) in [5.74, 6) is 0. The Morgan fingerprint density at radius 3 is 0.739 bits per heavy atom. The van der Waals surface area contributed by atoms with E-state index in [-0.39, 0.29) is 0 Å². The highest BCUT2D eigenvalue weighted by Crippen LogP contribution is 2.26. The van der Waals surface area contributed by atoms with Gasteiger partial charge in [-0.2, -0.15) is 0 Å². The second kappa shape index (κ2) is 19.4. The van der Waals surface area contributed by atoms with Crippen LogP contribution < -0.4 is 0 Å². The van der Waals surface area contributed by atoms with Crippen LogP contribution in [0.15, 0.2) is 0 Å². The van der Waals surface area contributed by atoms with Crippen molar-refractivity contribution in [3.63, 3.8) is 0 Å². The summed E-state index contributed by atoms with van der Waals surface area (Å²) in [6.45, 7) is -3.05. The van der Waals surface area contributed by atoms with Crippen molar-refractivity contribution in [2.75, 3.05) is 0 Å². The van der Waals surface area contributed by atoms with Crippen LogP contribution >= 0.6 is 13.4 Å². The lowest BCUT2D eigenvalue weighted by Gasteiger charge is -2.00. The zero-order valence-electron chi connectivity index (χ0n) is 14.2. The lowest BCUT2D eigenvalue weighted by atomic mass is 10.1. The molecule has 0 bridgehead atoms. The molecule has 0 aliphatic heterocycles. The Labute approximate surface area is 151 Å². The minimum absolute atomic E-state index is 1.37. The summed E-state index contributed by atoms with van der Waals surface area (Å²) in [5.41, 5.74) is 0. The van der Waals surface area contributed by atoms with E-state index in [2.05, 4.69) is 37.5 Å². The van der Waals surface area contributed by atoms with Gasteiger partial charge in [-0.3, -0.25) is 0 Å². The first kappa shape index (κ1) is 28.8. The van der Waals surface area contributed by atoms with Crippen LogP contribution in [0.4, 0.5) is 0 Å². The van der Waals surface area contributed by atoms with E-state index in [1.807, 2.05) is 0 Å². The molecule has 0 unspecified atom stereocenters. The summed E-state index contributed by atoms with van der Waals surface area (Å²) in [7, 11) is 0. The third-order valence-corrected chi connectivity index (χ3v) is 2.71. The SMILES string of the molecule is CCCCCCCCCCCCC.OP(O)(O)=S.OP(O)(O)=S. The molecule has 0 amide bonds. The van der Waals surface area contributed by atoms with Crippen LogP contribution in [0, 0.1) is 0 Å². The van der Waals surface area contributed by atoms with Gasteiger partial charge in [-0.05, 0) is 23.6 Å². The van der Waals surface area contributed by atoms with Gasteiger partial charge in [0.2, 0.25) is 0 Å². The summed E-state index contributed by atoms with van der Waals surface area (Å²) in [5, 5.41) is 0. The van der Waals surface area contributed by atoms with Crippen LogP contribution in [0.5, 0.6) is 0 Å². The van der Waals surface area contributed by atoms with Crippen molar-refractivity contribution in [1.29, 1.82) is 0 Å². The van der Waals surface area contributed by atoms with E-state index in [0.717, 1.165) is 0 Å². The Balaban J connectivity index is -0.000000329. The summed E-state index contributed by atoms with van der Waals surface area (Å²) >= 11 is 7.21. The molecule has 0 aromatic heterocycles. The fraction of sp³-hybridized carbons (Fsp3) is 1.00. The molecule has 144 valence electrons. The third kappa shape index (κ3) is 83.6. The van der Waals surface area contributed by atoms with Gasteiger partial charge in [-0.1, -0.05) is 84.5 Å². The molecule has 0 saturated carbocycles. The van der Waals surface area contributed by atoms with Crippen molar-refractivity contribution in [3.8, 4) is 0 Å². The average Bonchev–Trinajstić information content (AvgIpc) is 2.33. The molecule has 0 spiro atoms. The van der Waals surface area contributed by atoms with Crippen molar-refractivity contribution >= 4 is 37.1 Å². The van der Waals surface area contributed by atoms with E-state index in [4.69, 9.17) is 29.4 Å². The van der Waals surface area contributed by atoms with Gasteiger partial charge >= 0.3 is 13.4 Å². The number of hydrogen-bond donors (Lipinski definition) is 6. The van der Waals surface area contributed by atoms with Crippen LogP contribution in [0.3, 0.4) is 0 Å². The lowest BCUT2D eigenvalue weighted by molar-refractivity contribution is 0.361. The van der Waals surface area contributed by atoms with Crippen LogP contribution in [0.25, 0.3) is 0 Å². The highest BCUT2D eigenvalue weighted by Gasteiger charge is 1.93. The highest BCUT2D eigenvalue weighted by atomic mass is 32.5. The summed E-state index contributed by atoms with van der Waals surface area (Å²) in [6.07, 6.45) is 15.9. The maximum absolute atomic E-state index is 7.56. The maximum Gasteiger partial charge on any atom is 0.319 e. The molecule has 0 heterocycles. The normalized spacial score (nSPS) is 11.1. The molecular formula is C13H34O6P2S2. The van der Waals surface area contributed by atoms with Gasteiger partial charge in [0.1, 0.15) is 0 Å². The van der Waals surface area contributed by atoms with Gasteiger partial charge in [0.25, 0.3) is 0 Å². The molecule has 6 nitrogen and oxygen atoms in total. The summed E-state index contributed by atoms with van der Waals surface area (Å²) in [4.78, 5) is 45.3. The third-order valence-electron chi connectivity index (χ3n) is 2.71. The number of rotatable bonds is 10. The second-order valence-corrected chi connectivity index (χ2v) is 10.2. The number of hydrogen-bond acceptors (Lipinski definition) is 2. The Kier molecular flexibility index (Phi) is 24.3. The largest absolute Gasteiger partial charge is 0.325 e. The molecule has 6 N–H and O–H groups in total. The summed E-state index contributed by atoms with van der Waals surface area (Å²) in [6, 6.07) is 0. The van der Waals surface area contributed by atoms with Crippen LogP contribution in [0.2, 0.25) is 0 Å². The van der Waals surface area contributed by atoms with Gasteiger partial charge in [-0.15, -0.1) is 0 Å². The first-order valence-corrected chi connectivity index (χ1v) is 13.3. The molecule has 10 heteroatoms. The summed E-state index contributed by atoms with van der Waals surface area (Å²) < 4.78 is 0. The Hall–Kier alpha value is 1.06. The van der Waals surface area contributed by atoms with E-state index in [0.29, 0.717) is 0 Å². The fourth-order valence-electron chi connectivity index (χ4n) is 1.74. The van der Waals surface area contributed by atoms with E-state index >= 15 is 0 Å². The average molecular weight is 412 g/mol. The first-order chi connectivity index (χ1) is 10.4. The van der Waals surface area contributed by atoms with Gasteiger partial charge in [0, 0.05) is 0 Å². The van der Waals surface area contributed by atoms with E-state index in [1.165, 1.54) is 70.6 Å². The van der Waals surface area contributed by atoms with E-state index < -0.39 is 13.4 Å². The molecular weight excluding hydrogens is 378 g/mol. The van der Waals surface area contributed by atoms with Gasteiger partial charge < -0.3 is 29.4 Å². The van der Waals surface area contributed by atoms with Crippen molar-refractivity contribution in [2.24, 2.45) is 0 Å². The standard InChI is InChI=1S/C13H28.2H3O3PS/c1-3-5-7-9-11-13-12-10-8-6-4-2;2*1-4(2,3)5/h3-13H2,1-2H3;2*(H3,1,2,3,5). The Morgan fingerprint density at radius 1 is 0.478 bits per heavy atom. The van der Waals surface area contributed by atoms with Gasteiger partial charge in [-0.25, -0.2) is 0 Å². The Bertz CT molecular complexity index is 273. The smallest absolute Gasteiger partial charge is 0.319 e. The topological polar surface area (TPSA) is 121 Å². The van der Waals surface area contributed by atoms with Crippen molar-refractivity contribution in [1.82, 2.24) is 0 Å². The molecule has 0 rings (SSSR count). The minimum Gasteiger partial charge on any atom is -0.325 e. The predicted molar refractivity (Wildman–Crippen MR) is 104 cm³/mol. The second-order valence-electron chi connectivity index (χ2n) is 5.21. The van der Waals surface area contributed by atoms with E-state index in [1.54, 1.807) is 0 Å². The van der Waals surface area contributed by atoms with Crippen LogP contribution in [0.1, 0.15) is 84.5 Å². The molecule has 0 aromatic carbocycles. The number of unbranched alkanes of at least 4 members (excludes halogenated alkanes) is 10. The molecule has 23 heavy (non-hydrogen) atoms. The monoisotopic (exact) mass is 412 g/mol. The van der Waals surface area contributed by atoms with Crippen molar-refractivity contribution < 1.29 is 29.4 Å². The molecule has 0 fully saturated rings. The highest BCUT2D eigenvalue weighted by molar-refractivity contribution is 8.06. The maximum atomic E-state index is 7.56. The van der Waals surface area contributed by atoms with Crippen molar-refractivity contribution in [2.45, 2.75) is 84.5 Å².